The molecule has 0 fully saturated rings. The summed E-state index contributed by atoms with van der Waals surface area (Å²) in [4.78, 5) is 10.2. The monoisotopic (exact) mass is 295 g/mol. The molecule has 21 heavy (non-hydrogen) atoms. The van der Waals surface area contributed by atoms with Crippen LogP contribution in [0.3, 0.4) is 0 Å². The van der Waals surface area contributed by atoms with Gasteiger partial charge < -0.3 is 15.3 Å². The highest BCUT2D eigenvalue weighted by Gasteiger charge is 2.21. The van der Waals surface area contributed by atoms with Gasteiger partial charge in [0.25, 0.3) is 5.69 Å². The molecule has 3 unspecified atom stereocenters. The van der Waals surface area contributed by atoms with Crippen molar-refractivity contribution in [3.63, 3.8) is 0 Å². The van der Waals surface area contributed by atoms with Crippen molar-refractivity contribution >= 4 is 11.9 Å². The summed E-state index contributed by atoms with van der Waals surface area (Å²) in [5.41, 5.74) is 0.342. The fourth-order valence-electron chi connectivity index (χ4n) is 1.94. The second kappa shape index (κ2) is 8.46. The molecule has 0 amide bonds. The first-order chi connectivity index (χ1) is 9.99. The van der Waals surface area contributed by atoms with Crippen molar-refractivity contribution < 1.29 is 14.8 Å². The number of aliphatic hydroxyl groups excluding tert-OH is 1. The number of aliphatic hydroxyl groups is 1. The van der Waals surface area contributed by atoms with Gasteiger partial charge in [-0.3, -0.25) is 15.4 Å². The second-order valence-electron chi connectivity index (χ2n) is 4.63. The van der Waals surface area contributed by atoms with E-state index in [2.05, 4.69) is 5.32 Å². The topological polar surface area (TPSA) is 108 Å². The molecule has 116 valence electrons. The van der Waals surface area contributed by atoms with E-state index in [0.717, 1.165) is 6.21 Å². The SMILES string of the molecule is CCOC(C)NCC(C=N)C(O)c1cccc([N+](=O)[O-])c1. The summed E-state index contributed by atoms with van der Waals surface area (Å²) in [6, 6.07) is 5.83. The molecule has 0 bridgehead atoms. The molecule has 0 aromatic heterocycles. The largest absolute Gasteiger partial charge is 0.388 e. The van der Waals surface area contributed by atoms with Crippen LogP contribution in [0.2, 0.25) is 0 Å². The Balaban J connectivity index is 2.74. The van der Waals surface area contributed by atoms with E-state index in [1.54, 1.807) is 6.07 Å². The number of nitrogens with one attached hydrogen (secondary N) is 2. The summed E-state index contributed by atoms with van der Waals surface area (Å²) < 4.78 is 5.32. The maximum atomic E-state index is 10.8. The van der Waals surface area contributed by atoms with Crippen LogP contribution in [-0.4, -0.2) is 35.6 Å². The predicted octanol–water partition coefficient (Wildman–Crippen LogP) is 1.87. The summed E-state index contributed by atoms with van der Waals surface area (Å²) >= 11 is 0. The summed E-state index contributed by atoms with van der Waals surface area (Å²) in [7, 11) is 0. The first kappa shape index (κ1) is 17.2. The fourth-order valence-corrected chi connectivity index (χ4v) is 1.94. The van der Waals surface area contributed by atoms with Gasteiger partial charge in [-0.1, -0.05) is 12.1 Å². The number of nitrogens with zero attached hydrogens (tertiary/aromatic N) is 1. The van der Waals surface area contributed by atoms with Gasteiger partial charge in [-0.05, 0) is 19.4 Å². The Hall–Kier alpha value is -1.83. The normalized spacial score (nSPS) is 15.2. The second-order valence-corrected chi connectivity index (χ2v) is 4.63. The number of nitro benzene ring substituents is 1. The van der Waals surface area contributed by atoms with E-state index in [9.17, 15) is 15.2 Å². The highest BCUT2D eigenvalue weighted by atomic mass is 16.6. The molecule has 1 rings (SSSR count). The molecule has 3 N–H and O–H groups in total. The molecule has 0 saturated heterocycles. The molecule has 0 aliphatic heterocycles. The highest BCUT2D eigenvalue weighted by Crippen LogP contribution is 2.24. The van der Waals surface area contributed by atoms with E-state index in [1.807, 2.05) is 13.8 Å². The average molecular weight is 295 g/mol. The van der Waals surface area contributed by atoms with Crippen LogP contribution in [0, 0.1) is 21.4 Å². The van der Waals surface area contributed by atoms with Gasteiger partial charge in [0.15, 0.2) is 0 Å². The van der Waals surface area contributed by atoms with Crippen LogP contribution in [0.25, 0.3) is 0 Å². The average Bonchev–Trinajstić information content (AvgIpc) is 2.48. The standard InChI is InChI=1S/C14H21N3O4/c1-3-21-10(2)16-9-12(8-15)14(18)11-5-4-6-13(7-11)17(19)20/h4-8,10,12,14-16,18H,3,9H2,1-2H3. The van der Waals surface area contributed by atoms with Gasteiger partial charge in [0, 0.05) is 37.4 Å². The molecule has 1 aromatic carbocycles. The lowest BCUT2D eigenvalue weighted by atomic mass is 9.96. The first-order valence-corrected chi connectivity index (χ1v) is 6.77. The minimum atomic E-state index is -0.983. The molecule has 7 nitrogen and oxygen atoms in total. The number of benzene rings is 1. The predicted molar refractivity (Wildman–Crippen MR) is 79.4 cm³/mol. The number of hydrogen-bond donors (Lipinski definition) is 3. The van der Waals surface area contributed by atoms with E-state index < -0.39 is 16.9 Å². The van der Waals surface area contributed by atoms with Crippen LogP contribution in [0.1, 0.15) is 25.5 Å². The Morgan fingerprint density at radius 2 is 2.29 bits per heavy atom. The van der Waals surface area contributed by atoms with Crippen LogP contribution < -0.4 is 5.32 Å². The van der Waals surface area contributed by atoms with Crippen LogP contribution in [-0.2, 0) is 4.74 Å². The minimum Gasteiger partial charge on any atom is -0.388 e. The summed E-state index contributed by atoms with van der Waals surface area (Å²) in [5.74, 6) is -0.491. The van der Waals surface area contributed by atoms with Crippen molar-refractivity contribution in [1.29, 1.82) is 5.41 Å². The van der Waals surface area contributed by atoms with Gasteiger partial charge in [0.05, 0.1) is 11.0 Å². The van der Waals surface area contributed by atoms with Crippen molar-refractivity contribution in [2.45, 2.75) is 26.2 Å². The zero-order chi connectivity index (χ0) is 15.8. The number of hydrogen-bond acceptors (Lipinski definition) is 6. The Labute approximate surface area is 123 Å². The van der Waals surface area contributed by atoms with Gasteiger partial charge in [-0.2, -0.15) is 0 Å². The lowest BCUT2D eigenvalue weighted by molar-refractivity contribution is -0.385. The maximum absolute atomic E-state index is 10.8. The molecular weight excluding hydrogens is 274 g/mol. The third-order valence-electron chi connectivity index (χ3n) is 3.10. The van der Waals surface area contributed by atoms with Crippen molar-refractivity contribution in [3.05, 3.63) is 39.9 Å². The minimum absolute atomic E-state index is 0.0778. The van der Waals surface area contributed by atoms with Crippen molar-refractivity contribution in [1.82, 2.24) is 5.32 Å². The van der Waals surface area contributed by atoms with Gasteiger partial charge in [-0.15, -0.1) is 0 Å². The number of rotatable bonds is 9. The van der Waals surface area contributed by atoms with Crippen LogP contribution in [0.15, 0.2) is 24.3 Å². The van der Waals surface area contributed by atoms with Crippen molar-refractivity contribution in [3.8, 4) is 0 Å². The Kier molecular flexibility index (Phi) is 6.93. The molecule has 7 heteroatoms. The van der Waals surface area contributed by atoms with E-state index in [1.165, 1.54) is 18.2 Å². The molecular formula is C14H21N3O4. The lowest BCUT2D eigenvalue weighted by Gasteiger charge is -2.22. The van der Waals surface area contributed by atoms with Gasteiger partial charge in [0.2, 0.25) is 0 Å². The van der Waals surface area contributed by atoms with E-state index in [-0.39, 0.29) is 11.9 Å². The van der Waals surface area contributed by atoms with E-state index in [0.29, 0.717) is 18.7 Å². The van der Waals surface area contributed by atoms with Crippen molar-refractivity contribution in [2.75, 3.05) is 13.2 Å². The lowest BCUT2D eigenvalue weighted by Crippen LogP contribution is -2.35. The van der Waals surface area contributed by atoms with Gasteiger partial charge in [0.1, 0.15) is 6.23 Å². The Morgan fingerprint density at radius 3 is 2.86 bits per heavy atom. The van der Waals surface area contributed by atoms with E-state index in [4.69, 9.17) is 10.1 Å². The molecule has 1 aromatic rings. The maximum Gasteiger partial charge on any atom is 0.269 e. The van der Waals surface area contributed by atoms with Crippen LogP contribution in [0.4, 0.5) is 5.69 Å². The third kappa shape index (κ3) is 5.22. The third-order valence-corrected chi connectivity index (χ3v) is 3.10. The molecule has 0 radical (unpaired) electrons. The Morgan fingerprint density at radius 1 is 1.57 bits per heavy atom. The quantitative estimate of drug-likeness (QED) is 0.279. The molecule has 0 heterocycles. The first-order valence-electron chi connectivity index (χ1n) is 6.77. The molecule has 0 saturated carbocycles. The van der Waals surface area contributed by atoms with Crippen LogP contribution in [0.5, 0.6) is 0 Å². The molecule has 0 aliphatic rings. The summed E-state index contributed by atoms with van der Waals surface area (Å²) in [5, 5.41) is 31.5. The van der Waals surface area contributed by atoms with E-state index >= 15 is 0 Å². The number of non-ortho nitro benzene ring substituents is 1. The van der Waals surface area contributed by atoms with Gasteiger partial charge >= 0.3 is 0 Å². The molecule has 0 aliphatic carbocycles. The summed E-state index contributed by atoms with van der Waals surface area (Å²) in [6.45, 7) is 4.62. The summed E-state index contributed by atoms with van der Waals surface area (Å²) in [6.07, 6.45) is -0.0340. The molecule has 3 atom stereocenters. The zero-order valence-electron chi connectivity index (χ0n) is 12.2. The number of ether oxygens (including phenoxy) is 1. The smallest absolute Gasteiger partial charge is 0.269 e. The Bertz CT molecular complexity index is 481. The fraction of sp³-hybridized carbons (Fsp3) is 0.500. The van der Waals surface area contributed by atoms with Gasteiger partial charge in [-0.25, -0.2) is 0 Å². The molecule has 0 spiro atoms. The van der Waals surface area contributed by atoms with Crippen LogP contribution >= 0.6 is 0 Å². The zero-order valence-corrected chi connectivity index (χ0v) is 12.2. The number of nitro groups is 1. The van der Waals surface area contributed by atoms with Crippen molar-refractivity contribution in [2.24, 2.45) is 5.92 Å². The highest BCUT2D eigenvalue weighted by molar-refractivity contribution is 5.59.